The van der Waals surface area contributed by atoms with E-state index in [0.717, 1.165) is 0 Å². The summed E-state index contributed by atoms with van der Waals surface area (Å²) in [6.45, 7) is 1.68. The minimum atomic E-state index is -1.11. The molecule has 0 aliphatic heterocycles. The third-order valence-electron chi connectivity index (χ3n) is 2.91. The molecule has 1 aromatic heterocycles. The zero-order valence-corrected chi connectivity index (χ0v) is 11.4. The number of halogens is 1. The van der Waals surface area contributed by atoms with Gasteiger partial charge < -0.3 is 14.6 Å². The number of rotatable bonds is 3. The zero-order valence-electron chi connectivity index (χ0n) is 10.7. The van der Waals surface area contributed by atoms with Crippen molar-refractivity contribution in [2.24, 2.45) is 0 Å². The molecule has 5 nitrogen and oxygen atoms in total. The lowest BCUT2D eigenvalue weighted by Crippen LogP contribution is -2.04. The van der Waals surface area contributed by atoms with Crippen molar-refractivity contribution in [1.82, 2.24) is 4.98 Å². The van der Waals surface area contributed by atoms with Crippen molar-refractivity contribution in [3.63, 3.8) is 0 Å². The summed E-state index contributed by atoms with van der Waals surface area (Å²) < 4.78 is 10.4. The number of methoxy groups -OCH3 is 2. The Kier molecular flexibility index (Phi) is 3.48. The largest absolute Gasteiger partial charge is 0.497 e. The molecule has 0 fully saturated rings. The van der Waals surface area contributed by atoms with E-state index in [1.54, 1.807) is 19.1 Å². The number of aryl methyl sites for hydroxylation is 1. The third kappa shape index (κ3) is 2.17. The van der Waals surface area contributed by atoms with Crippen LogP contribution in [0.3, 0.4) is 0 Å². The Bertz CT molecular complexity index is 669. The average Bonchev–Trinajstić information content (AvgIpc) is 2.37. The van der Waals surface area contributed by atoms with Crippen molar-refractivity contribution in [2.75, 3.05) is 14.2 Å². The van der Waals surface area contributed by atoms with Crippen LogP contribution < -0.4 is 9.47 Å². The number of hydrogen-bond acceptors (Lipinski definition) is 4. The molecule has 1 N–H and O–H groups in total. The molecule has 100 valence electrons. The number of fused-ring (bicyclic) bond motifs is 1. The van der Waals surface area contributed by atoms with E-state index in [-0.39, 0.29) is 10.7 Å². The Labute approximate surface area is 114 Å². The molecule has 0 aliphatic carbocycles. The minimum Gasteiger partial charge on any atom is -0.497 e. The van der Waals surface area contributed by atoms with Gasteiger partial charge in [0, 0.05) is 11.5 Å². The number of ether oxygens (including phenoxy) is 2. The number of aromatic nitrogens is 1. The summed E-state index contributed by atoms with van der Waals surface area (Å²) in [7, 11) is 3.03. The smallest absolute Gasteiger partial charge is 0.339 e. The fourth-order valence-electron chi connectivity index (χ4n) is 1.95. The molecular weight excluding hydrogens is 270 g/mol. The molecule has 2 rings (SSSR count). The molecule has 6 heteroatoms. The summed E-state index contributed by atoms with van der Waals surface area (Å²) in [5.41, 5.74) is 1.03. The molecule has 0 saturated heterocycles. The predicted molar refractivity (Wildman–Crippen MR) is 71.6 cm³/mol. The van der Waals surface area contributed by atoms with Gasteiger partial charge in [-0.15, -0.1) is 0 Å². The zero-order chi connectivity index (χ0) is 14.2. The molecule has 0 saturated carbocycles. The van der Waals surface area contributed by atoms with E-state index < -0.39 is 5.97 Å². The minimum absolute atomic E-state index is 0.00975. The van der Waals surface area contributed by atoms with Gasteiger partial charge in [0.25, 0.3) is 0 Å². The number of nitrogens with zero attached hydrogens (tertiary/aromatic N) is 1. The van der Waals surface area contributed by atoms with Crippen LogP contribution in [0, 0.1) is 6.92 Å². The monoisotopic (exact) mass is 281 g/mol. The highest BCUT2D eigenvalue weighted by Gasteiger charge is 2.19. The summed E-state index contributed by atoms with van der Waals surface area (Å²) in [5, 5.41) is 9.75. The standard InChI is InChI=1S/C13H12ClNO4/c1-6-8-4-7(18-2)5-9(19-3)11(8)15-12(14)10(6)13(16)17/h4-5H,1-3H3,(H,16,17). The van der Waals surface area contributed by atoms with Crippen molar-refractivity contribution >= 4 is 28.5 Å². The molecule has 0 unspecified atom stereocenters. The number of benzene rings is 1. The second-order valence-electron chi connectivity index (χ2n) is 3.93. The lowest BCUT2D eigenvalue weighted by atomic mass is 10.0. The van der Waals surface area contributed by atoms with Crippen LogP contribution in [0.25, 0.3) is 10.9 Å². The van der Waals surface area contributed by atoms with Gasteiger partial charge in [-0.3, -0.25) is 0 Å². The number of aromatic carboxylic acids is 1. The van der Waals surface area contributed by atoms with Gasteiger partial charge in [0.1, 0.15) is 27.7 Å². The Balaban J connectivity index is 2.92. The van der Waals surface area contributed by atoms with Crippen LogP contribution in [0.15, 0.2) is 12.1 Å². The normalized spacial score (nSPS) is 10.5. The van der Waals surface area contributed by atoms with Crippen LogP contribution >= 0.6 is 11.6 Å². The van der Waals surface area contributed by atoms with Gasteiger partial charge in [-0.05, 0) is 18.6 Å². The van der Waals surface area contributed by atoms with Crippen LogP contribution in [0.5, 0.6) is 11.5 Å². The first-order valence-corrected chi connectivity index (χ1v) is 5.82. The Morgan fingerprint density at radius 3 is 2.53 bits per heavy atom. The fourth-order valence-corrected chi connectivity index (χ4v) is 2.26. The maximum atomic E-state index is 11.2. The van der Waals surface area contributed by atoms with Gasteiger partial charge in [0.05, 0.1) is 14.2 Å². The molecule has 0 amide bonds. The van der Waals surface area contributed by atoms with Crippen molar-refractivity contribution in [1.29, 1.82) is 0 Å². The van der Waals surface area contributed by atoms with Crippen molar-refractivity contribution in [3.8, 4) is 11.5 Å². The molecule has 2 aromatic rings. The number of carboxylic acid groups (broad SMARTS) is 1. The Hall–Kier alpha value is -2.01. The third-order valence-corrected chi connectivity index (χ3v) is 3.19. The number of carboxylic acids is 1. The average molecular weight is 282 g/mol. The van der Waals surface area contributed by atoms with E-state index in [1.807, 2.05) is 0 Å². The number of pyridine rings is 1. The molecule has 0 bridgehead atoms. The van der Waals surface area contributed by atoms with Crippen LogP contribution in [-0.2, 0) is 0 Å². The lowest BCUT2D eigenvalue weighted by molar-refractivity contribution is 0.0696. The molecule has 1 aromatic carbocycles. The summed E-state index contributed by atoms with van der Waals surface area (Å²) in [6.07, 6.45) is 0. The van der Waals surface area contributed by atoms with Gasteiger partial charge in [0.2, 0.25) is 0 Å². The summed E-state index contributed by atoms with van der Waals surface area (Å²) in [4.78, 5) is 15.3. The van der Waals surface area contributed by atoms with Gasteiger partial charge in [-0.25, -0.2) is 9.78 Å². The van der Waals surface area contributed by atoms with E-state index in [4.69, 9.17) is 21.1 Å². The van der Waals surface area contributed by atoms with Gasteiger partial charge in [0.15, 0.2) is 0 Å². The van der Waals surface area contributed by atoms with E-state index in [9.17, 15) is 9.90 Å². The first kappa shape index (κ1) is 13.4. The predicted octanol–water partition coefficient (Wildman–Crippen LogP) is 2.91. The lowest BCUT2D eigenvalue weighted by Gasteiger charge is -2.12. The highest BCUT2D eigenvalue weighted by molar-refractivity contribution is 6.33. The summed E-state index contributed by atoms with van der Waals surface area (Å²) >= 11 is 5.93. The van der Waals surface area contributed by atoms with Gasteiger partial charge >= 0.3 is 5.97 Å². The fraction of sp³-hybridized carbons (Fsp3) is 0.231. The van der Waals surface area contributed by atoms with Gasteiger partial charge in [-0.2, -0.15) is 0 Å². The number of hydrogen-bond donors (Lipinski definition) is 1. The van der Waals surface area contributed by atoms with Crippen molar-refractivity contribution < 1.29 is 19.4 Å². The molecule has 19 heavy (non-hydrogen) atoms. The summed E-state index contributed by atoms with van der Waals surface area (Å²) in [5.74, 6) is -0.0668. The quantitative estimate of drug-likeness (QED) is 0.876. The van der Waals surface area contributed by atoms with Gasteiger partial charge in [-0.1, -0.05) is 11.6 Å². The van der Waals surface area contributed by atoms with Crippen LogP contribution in [0.1, 0.15) is 15.9 Å². The maximum absolute atomic E-state index is 11.2. The second-order valence-corrected chi connectivity index (χ2v) is 4.29. The van der Waals surface area contributed by atoms with Crippen LogP contribution in [-0.4, -0.2) is 30.3 Å². The molecule has 0 aliphatic rings. The Morgan fingerprint density at radius 2 is 2.00 bits per heavy atom. The molecule has 1 heterocycles. The van der Waals surface area contributed by atoms with Crippen LogP contribution in [0.2, 0.25) is 5.15 Å². The van der Waals surface area contributed by atoms with Crippen molar-refractivity contribution in [3.05, 3.63) is 28.4 Å². The molecule has 0 radical (unpaired) electrons. The first-order valence-electron chi connectivity index (χ1n) is 5.44. The number of carbonyl (C=O) groups is 1. The SMILES string of the molecule is COc1cc(OC)c2nc(Cl)c(C(=O)O)c(C)c2c1. The highest BCUT2D eigenvalue weighted by atomic mass is 35.5. The molecular formula is C13H12ClNO4. The second kappa shape index (κ2) is 4.93. The summed E-state index contributed by atoms with van der Waals surface area (Å²) in [6, 6.07) is 3.38. The van der Waals surface area contributed by atoms with E-state index in [0.29, 0.717) is 28.0 Å². The van der Waals surface area contributed by atoms with E-state index in [2.05, 4.69) is 4.98 Å². The first-order chi connectivity index (χ1) is 8.99. The van der Waals surface area contributed by atoms with Crippen LogP contribution in [0.4, 0.5) is 0 Å². The topological polar surface area (TPSA) is 68.7 Å². The van der Waals surface area contributed by atoms with E-state index in [1.165, 1.54) is 14.2 Å². The molecule has 0 atom stereocenters. The maximum Gasteiger partial charge on any atom is 0.339 e. The Morgan fingerprint density at radius 1 is 1.32 bits per heavy atom. The van der Waals surface area contributed by atoms with E-state index >= 15 is 0 Å². The van der Waals surface area contributed by atoms with Crippen molar-refractivity contribution in [2.45, 2.75) is 6.92 Å². The molecule has 0 spiro atoms. The highest BCUT2D eigenvalue weighted by Crippen LogP contribution is 2.35.